The second kappa shape index (κ2) is 6.67. The quantitative estimate of drug-likeness (QED) is 0.692. The van der Waals surface area contributed by atoms with Crippen LogP contribution in [0.3, 0.4) is 0 Å². The predicted octanol–water partition coefficient (Wildman–Crippen LogP) is 4.01. The molecule has 2 aromatic heterocycles. The number of benzene rings is 1. The van der Waals surface area contributed by atoms with E-state index >= 15 is 0 Å². The smallest absolute Gasteiger partial charge is 0.259 e. The molecule has 0 spiro atoms. The van der Waals surface area contributed by atoms with Gasteiger partial charge in [0.1, 0.15) is 10.7 Å². The zero-order valence-electron chi connectivity index (χ0n) is 13.7. The number of thiophene rings is 1. The number of fused-ring (bicyclic) bond motifs is 3. The molecular weight excluding hydrogens is 370 g/mol. The van der Waals surface area contributed by atoms with Crippen LogP contribution in [0.4, 0.5) is 0 Å². The van der Waals surface area contributed by atoms with E-state index in [-0.39, 0.29) is 11.4 Å². The van der Waals surface area contributed by atoms with Gasteiger partial charge in [-0.05, 0) is 55.5 Å². The summed E-state index contributed by atoms with van der Waals surface area (Å²) in [4.78, 5) is 34.3. The van der Waals surface area contributed by atoms with Crippen LogP contribution in [0, 0.1) is 11.3 Å². The van der Waals surface area contributed by atoms with Gasteiger partial charge in [-0.1, -0.05) is 11.6 Å². The van der Waals surface area contributed by atoms with Crippen LogP contribution < -0.4 is 5.56 Å². The van der Waals surface area contributed by atoms with Crippen molar-refractivity contribution in [1.29, 1.82) is 5.26 Å². The number of carbonyl (C=O) groups is 1. The highest BCUT2D eigenvalue weighted by molar-refractivity contribution is 7.18. The molecule has 1 atom stereocenters. The van der Waals surface area contributed by atoms with Crippen molar-refractivity contribution in [2.75, 3.05) is 0 Å². The molecule has 130 valence electrons. The number of nitriles is 1. The number of ketones is 1. The molecule has 0 saturated heterocycles. The van der Waals surface area contributed by atoms with E-state index in [0.717, 1.165) is 31.2 Å². The second-order valence-corrected chi connectivity index (χ2v) is 7.80. The average Bonchev–Trinajstić information content (AvgIpc) is 3.01. The van der Waals surface area contributed by atoms with Crippen LogP contribution in [-0.2, 0) is 12.8 Å². The van der Waals surface area contributed by atoms with E-state index in [9.17, 15) is 14.9 Å². The third kappa shape index (κ3) is 2.83. The van der Waals surface area contributed by atoms with Gasteiger partial charge in [-0.3, -0.25) is 9.59 Å². The summed E-state index contributed by atoms with van der Waals surface area (Å²) in [5, 5.41) is 10.7. The molecule has 0 bridgehead atoms. The number of hydrogen-bond donors (Lipinski definition) is 1. The monoisotopic (exact) mass is 383 g/mol. The number of hydrogen-bond acceptors (Lipinski definition) is 5. The van der Waals surface area contributed by atoms with E-state index < -0.39 is 11.7 Å². The lowest BCUT2D eigenvalue weighted by atomic mass is 9.96. The standard InChI is InChI=1S/C19H14ClN3O2S/c20-11-7-5-10(6-8-11)16(24)13(9-21)17-22-18(25)15-12-3-1-2-4-14(12)26-19(15)23-17/h5-8,13H,1-4H2,(H,22,23,25). The maximum absolute atomic E-state index is 12.7. The number of rotatable bonds is 3. The summed E-state index contributed by atoms with van der Waals surface area (Å²) in [7, 11) is 0. The first-order valence-electron chi connectivity index (χ1n) is 8.32. The minimum absolute atomic E-state index is 0.101. The molecule has 3 aromatic rings. The van der Waals surface area contributed by atoms with Crippen molar-refractivity contribution in [1.82, 2.24) is 9.97 Å². The number of aromatic nitrogens is 2. The zero-order valence-corrected chi connectivity index (χ0v) is 15.3. The third-order valence-electron chi connectivity index (χ3n) is 4.64. The predicted molar refractivity (Wildman–Crippen MR) is 101 cm³/mol. The van der Waals surface area contributed by atoms with Gasteiger partial charge in [0.05, 0.1) is 11.5 Å². The number of nitrogens with one attached hydrogen (secondary N) is 1. The summed E-state index contributed by atoms with van der Waals surface area (Å²) in [5.41, 5.74) is 1.16. The Kier molecular flexibility index (Phi) is 4.35. The number of Topliss-reactive ketones (excluding diaryl/α,β-unsaturated/α-hetero) is 1. The number of nitrogens with zero attached hydrogens (tertiary/aromatic N) is 2. The first-order chi connectivity index (χ1) is 12.6. The summed E-state index contributed by atoms with van der Waals surface area (Å²) in [6, 6.07) is 8.29. The Balaban J connectivity index is 1.79. The SMILES string of the molecule is N#CC(C(=O)c1ccc(Cl)cc1)c1nc2sc3c(c2c(=O)[nH]1)CCCC3. The Morgan fingerprint density at radius 2 is 2.00 bits per heavy atom. The Morgan fingerprint density at radius 1 is 1.27 bits per heavy atom. The Morgan fingerprint density at radius 3 is 2.73 bits per heavy atom. The average molecular weight is 384 g/mol. The van der Waals surface area contributed by atoms with Gasteiger partial charge >= 0.3 is 0 Å². The molecule has 2 heterocycles. The normalized spacial score (nSPS) is 14.6. The van der Waals surface area contributed by atoms with Crippen molar-refractivity contribution >= 4 is 38.9 Å². The van der Waals surface area contributed by atoms with Crippen molar-refractivity contribution < 1.29 is 4.79 Å². The molecule has 26 heavy (non-hydrogen) atoms. The van der Waals surface area contributed by atoms with Gasteiger partial charge in [0.2, 0.25) is 0 Å². The van der Waals surface area contributed by atoms with E-state index in [0.29, 0.717) is 20.8 Å². The molecule has 4 rings (SSSR count). The fourth-order valence-electron chi connectivity index (χ4n) is 3.34. The summed E-state index contributed by atoms with van der Waals surface area (Å²) in [6.45, 7) is 0. The highest BCUT2D eigenvalue weighted by atomic mass is 35.5. The van der Waals surface area contributed by atoms with Gasteiger partial charge in [0, 0.05) is 15.5 Å². The van der Waals surface area contributed by atoms with Crippen molar-refractivity contribution in [3.63, 3.8) is 0 Å². The lowest BCUT2D eigenvalue weighted by molar-refractivity contribution is 0.0976. The summed E-state index contributed by atoms with van der Waals surface area (Å²) in [5.74, 6) is -1.47. The lowest BCUT2D eigenvalue weighted by Gasteiger charge is -2.10. The topological polar surface area (TPSA) is 86.6 Å². The third-order valence-corrected chi connectivity index (χ3v) is 6.07. The molecule has 1 N–H and O–H groups in total. The maximum Gasteiger partial charge on any atom is 0.259 e. The highest BCUT2D eigenvalue weighted by Gasteiger charge is 2.27. The first-order valence-corrected chi connectivity index (χ1v) is 9.52. The molecule has 1 aliphatic carbocycles. The number of aryl methyl sites for hydroxylation is 2. The fourth-order valence-corrected chi connectivity index (χ4v) is 4.74. The van der Waals surface area contributed by atoms with Crippen molar-refractivity contribution in [3.05, 3.63) is 61.5 Å². The number of carbonyl (C=O) groups excluding carboxylic acids is 1. The van der Waals surface area contributed by atoms with Crippen LogP contribution in [-0.4, -0.2) is 15.8 Å². The van der Waals surface area contributed by atoms with Gasteiger partial charge in [-0.15, -0.1) is 11.3 Å². The molecule has 0 amide bonds. The molecule has 0 fully saturated rings. The van der Waals surface area contributed by atoms with Crippen molar-refractivity contribution in [2.24, 2.45) is 0 Å². The maximum atomic E-state index is 12.7. The Bertz CT molecular complexity index is 1110. The van der Waals surface area contributed by atoms with Crippen molar-refractivity contribution in [2.45, 2.75) is 31.6 Å². The zero-order chi connectivity index (χ0) is 18.3. The van der Waals surface area contributed by atoms with Gasteiger partial charge in [0.15, 0.2) is 11.7 Å². The van der Waals surface area contributed by atoms with E-state index in [4.69, 9.17) is 11.6 Å². The number of aromatic amines is 1. The van der Waals surface area contributed by atoms with Crippen LogP contribution >= 0.6 is 22.9 Å². The largest absolute Gasteiger partial charge is 0.308 e. The number of H-pyrrole nitrogens is 1. The lowest BCUT2D eigenvalue weighted by Crippen LogP contribution is -2.19. The highest BCUT2D eigenvalue weighted by Crippen LogP contribution is 2.34. The molecule has 1 unspecified atom stereocenters. The van der Waals surface area contributed by atoms with Gasteiger partial charge in [-0.25, -0.2) is 4.98 Å². The van der Waals surface area contributed by atoms with Gasteiger partial charge < -0.3 is 4.98 Å². The molecule has 0 aliphatic heterocycles. The van der Waals surface area contributed by atoms with Crippen LogP contribution in [0.25, 0.3) is 10.2 Å². The molecule has 0 saturated carbocycles. The molecule has 5 nitrogen and oxygen atoms in total. The summed E-state index contributed by atoms with van der Waals surface area (Å²) >= 11 is 7.34. The minimum atomic E-state index is -1.16. The van der Waals surface area contributed by atoms with Crippen LogP contribution in [0.1, 0.15) is 45.4 Å². The molecule has 7 heteroatoms. The van der Waals surface area contributed by atoms with Crippen molar-refractivity contribution in [3.8, 4) is 6.07 Å². The van der Waals surface area contributed by atoms with Crippen LogP contribution in [0.15, 0.2) is 29.1 Å². The first kappa shape index (κ1) is 17.0. The Labute approximate surface area is 158 Å². The van der Waals surface area contributed by atoms with E-state index in [1.165, 1.54) is 16.2 Å². The molecule has 1 aliphatic rings. The van der Waals surface area contributed by atoms with Crippen LogP contribution in [0.2, 0.25) is 5.02 Å². The Hall–Kier alpha value is -2.49. The van der Waals surface area contributed by atoms with E-state index in [1.807, 2.05) is 6.07 Å². The van der Waals surface area contributed by atoms with Gasteiger partial charge in [0.25, 0.3) is 5.56 Å². The van der Waals surface area contributed by atoms with Gasteiger partial charge in [-0.2, -0.15) is 5.26 Å². The van der Waals surface area contributed by atoms with E-state index in [2.05, 4.69) is 9.97 Å². The summed E-state index contributed by atoms with van der Waals surface area (Å²) < 4.78 is 0. The van der Waals surface area contributed by atoms with Crippen LogP contribution in [0.5, 0.6) is 0 Å². The van der Waals surface area contributed by atoms with E-state index in [1.54, 1.807) is 24.3 Å². The molecule has 0 radical (unpaired) electrons. The molecular formula is C19H14ClN3O2S. The summed E-state index contributed by atoms with van der Waals surface area (Å²) in [6.07, 6.45) is 4.01. The fraction of sp³-hybridized carbons (Fsp3) is 0.263. The second-order valence-electron chi connectivity index (χ2n) is 6.28. The number of halogens is 1. The molecule has 1 aromatic carbocycles. The minimum Gasteiger partial charge on any atom is -0.308 e.